The van der Waals surface area contributed by atoms with Gasteiger partial charge in [0.1, 0.15) is 0 Å². The van der Waals surface area contributed by atoms with E-state index in [2.05, 4.69) is 34.8 Å². The van der Waals surface area contributed by atoms with Crippen molar-refractivity contribution in [3.63, 3.8) is 0 Å². The predicted molar refractivity (Wildman–Crippen MR) is 54.3 cm³/mol. The second-order valence-corrected chi connectivity index (χ2v) is 2.63. The Morgan fingerprint density at radius 2 is 2.00 bits per heavy atom. The average molecular weight is 184 g/mol. The SMILES string of the molecule is C#CC#CC#Cn1[nH]c(C)c(C)c1=O. The molecule has 1 rings (SSSR count). The minimum Gasteiger partial charge on any atom is -0.288 e. The molecule has 0 unspecified atom stereocenters. The maximum absolute atomic E-state index is 11.4. The first-order valence-electron chi connectivity index (χ1n) is 3.91. The Kier molecular flexibility index (Phi) is 2.85. The summed E-state index contributed by atoms with van der Waals surface area (Å²) in [7, 11) is 0. The van der Waals surface area contributed by atoms with Gasteiger partial charge in [-0.3, -0.25) is 9.89 Å². The maximum atomic E-state index is 11.4. The maximum Gasteiger partial charge on any atom is 0.281 e. The fourth-order valence-electron chi connectivity index (χ4n) is 0.860. The Hall–Kier alpha value is -2.31. The third-order valence-electron chi connectivity index (χ3n) is 1.73. The molecule has 68 valence electrons. The smallest absolute Gasteiger partial charge is 0.281 e. The number of aryl methyl sites for hydroxylation is 1. The molecule has 14 heavy (non-hydrogen) atoms. The first-order chi connectivity index (χ1) is 6.66. The lowest BCUT2D eigenvalue weighted by atomic mass is 10.3. The van der Waals surface area contributed by atoms with Crippen LogP contribution in [0, 0.1) is 50.0 Å². The number of hydrogen-bond donors (Lipinski definition) is 1. The van der Waals surface area contributed by atoms with E-state index < -0.39 is 0 Å². The highest BCUT2D eigenvalue weighted by atomic mass is 16.1. The number of aromatic amines is 1. The third-order valence-corrected chi connectivity index (χ3v) is 1.73. The molecule has 1 aromatic rings. The van der Waals surface area contributed by atoms with Gasteiger partial charge in [-0.2, -0.15) is 4.68 Å². The van der Waals surface area contributed by atoms with Gasteiger partial charge in [-0.25, -0.2) is 0 Å². The van der Waals surface area contributed by atoms with Crippen molar-refractivity contribution in [2.75, 3.05) is 0 Å². The zero-order valence-corrected chi connectivity index (χ0v) is 7.93. The van der Waals surface area contributed by atoms with Gasteiger partial charge in [-0.1, -0.05) is 0 Å². The zero-order chi connectivity index (χ0) is 10.6. The van der Waals surface area contributed by atoms with Gasteiger partial charge in [0, 0.05) is 23.1 Å². The number of nitrogens with zero attached hydrogens (tertiary/aromatic N) is 1. The van der Waals surface area contributed by atoms with Gasteiger partial charge in [0.2, 0.25) is 0 Å². The lowest BCUT2D eigenvalue weighted by Crippen LogP contribution is -2.13. The molecule has 0 saturated heterocycles. The molecule has 1 N–H and O–H groups in total. The molecule has 0 aliphatic heterocycles. The molecule has 0 atom stereocenters. The molecule has 0 aliphatic rings. The van der Waals surface area contributed by atoms with Crippen LogP contribution in [0.2, 0.25) is 0 Å². The molecule has 0 aromatic carbocycles. The highest BCUT2D eigenvalue weighted by Gasteiger charge is 2.02. The molecule has 3 nitrogen and oxygen atoms in total. The topological polar surface area (TPSA) is 37.8 Å². The van der Waals surface area contributed by atoms with Crippen LogP contribution in [0.4, 0.5) is 0 Å². The predicted octanol–water partition coefficient (Wildman–Crippen LogP) is 0.239. The van der Waals surface area contributed by atoms with Gasteiger partial charge in [-0.05, 0) is 25.7 Å². The number of hydrogen-bond acceptors (Lipinski definition) is 1. The van der Waals surface area contributed by atoms with Crippen molar-refractivity contribution < 1.29 is 0 Å². The van der Waals surface area contributed by atoms with Crippen LogP contribution < -0.4 is 5.56 Å². The van der Waals surface area contributed by atoms with Crippen LogP contribution in [0.3, 0.4) is 0 Å². The van der Waals surface area contributed by atoms with E-state index in [1.807, 2.05) is 6.92 Å². The monoisotopic (exact) mass is 184 g/mol. The summed E-state index contributed by atoms with van der Waals surface area (Å²) in [5, 5.41) is 2.80. The van der Waals surface area contributed by atoms with Crippen molar-refractivity contribution in [2.45, 2.75) is 13.8 Å². The molecule has 0 saturated carbocycles. The summed E-state index contributed by atoms with van der Waals surface area (Å²) < 4.78 is 1.19. The highest BCUT2D eigenvalue weighted by molar-refractivity contribution is 5.34. The minimum absolute atomic E-state index is 0.155. The van der Waals surface area contributed by atoms with Crippen molar-refractivity contribution in [1.29, 1.82) is 0 Å². The molecule has 0 fully saturated rings. The lowest BCUT2D eigenvalue weighted by molar-refractivity contribution is 0.867. The molecule has 1 heterocycles. The quantitative estimate of drug-likeness (QED) is 0.576. The van der Waals surface area contributed by atoms with Crippen molar-refractivity contribution in [2.24, 2.45) is 0 Å². The first kappa shape index (κ1) is 9.78. The fraction of sp³-hybridized carbons (Fsp3) is 0.182. The number of H-pyrrole nitrogens is 1. The fourth-order valence-corrected chi connectivity index (χ4v) is 0.860. The molecule has 3 heteroatoms. The normalized spacial score (nSPS) is 7.79. The van der Waals surface area contributed by atoms with Gasteiger partial charge in [-0.15, -0.1) is 6.42 Å². The number of aromatic nitrogens is 2. The molecular weight excluding hydrogens is 176 g/mol. The van der Waals surface area contributed by atoms with E-state index in [9.17, 15) is 4.79 Å². The van der Waals surface area contributed by atoms with Gasteiger partial charge in [0.05, 0.1) is 6.04 Å². The van der Waals surface area contributed by atoms with E-state index in [1.165, 1.54) is 4.68 Å². The lowest BCUT2D eigenvalue weighted by Gasteiger charge is -1.82. The summed E-state index contributed by atoms with van der Waals surface area (Å²) in [5.74, 6) is 9.33. The summed E-state index contributed by atoms with van der Waals surface area (Å²) in [6.07, 6.45) is 4.90. The number of nitrogens with one attached hydrogen (secondary N) is 1. The highest BCUT2D eigenvalue weighted by Crippen LogP contribution is 1.93. The van der Waals surface area contributed by atoms with Crippen LogP contribution in [0.25, 0.3) is 0 Å². The Bertz CT molecular complexity index is 559. The van der Waals surface area contributed by atoms with Crippen LogP contribution in [0.5, 0.6) is 0 Å². The largest absolute Gasteiger partial charge is 0.288 e. The summed E-state index contributed by atoms with van der Waals surface area (Å²) in [5.41, 5.74) is 1.30. The van der Waals surface area contributed by atoms with Crippen molar-refractivity contribution in [3.05, 3.63) is 21.6 Å². The Labute approximate surface area is 82.1 Å². The second-order valence-electron chi connectivity index (χ2n) is 2.63. The molecular formula is C11H8N2O. The van der Waals surface area contributed by atoms with E-state index in [4.69, 9.17) is 6.42 Å². The van der Waals surface area contributed by atoms with Crippen LogP contribution in [0.15, 0.2) is 4.79 Å². The first-order valence-corrected chi connectivity index (χ1v) is 3.91. The van der Waals surface area contributed by atoms with Gasteiger partial charge in [0.25, 0.3) is 5.56 Å². The Balaban J connectivity index is 3.10. The zero-order valence-electron chi connectivity index (χ0n) is 7.93. The van der Waals surface area contributed by atoms with E-state index in [1.54, 1.807) is 6.92 Å². The van der Waals surface area contributed by atoms with Gasteiger partial charge < -0.3 is 0 Å². The van der Waals surface area contributed by atoms with Crippen molar-refractivity contribution >= 4 is 0 Å². The second kappa shape index (κ2) is 4.08. The van der Waals surface area contributed by atoms with E-state index >= 15 is 0 Å². The van der Waals surface area contributed by atoms with Crippen molar-refractivity contribution in [1.82, 2.24) is 9.78 Å². The molecule has 0 radical (unpaired) electrons. The van der Waals surface area contributed by atoms with Gasteiger partial charge >= 0.3 is 0 Å². The van der Waals surface area contributed by atoms with E-state index in [-0.39, 0.29) is 5.56 Å². The number of rotatable bonds is 0. The summed E-state index contributed by atoms with van der Waals surface area (Å²) in [4.78, 5) is 11.4. The van der Waals surface area contributed by atoms with Gasteiger partial charge in [0.15, 0.2) is 0 Å². The third kappa shape index (κ3) is 1.89. The molecule has 0 aliphatic carbocycles. The Morgan fingerprint density at radius 1 is 1.29 bits per heavy atom. The summed E-state index contributed by atoms with van der Waals surface area (Å²) in [6.45, 7) is 3.54. The summed E-state index contributed by atoms with van der Waals surface area (Å²) in [6, 6.07) is 2.54. The minimum atomic E-state index is -0.155. The van der Waals surface area contributed by atoms with E-state index in [0.717, 1.165) is 5.69 Å². The van der Waals surface area contributed by atoms with Crippen LogP contribution in [0.1, 0.15) is 11.3 Å². The van der Waals surface area contributed by atoms with Crippen LogP contribution >= 0.6 is 0 Å². The molecule has 0 amide bonds. The van der Waals surface area contributed by atoms with E-state index in [0.29, 0.717) is 5.56 Å². The van der Waals surface area contributed by atoms with Crippen LogP contribution in [-0.4, -0.2) is 9.78 Å². The molecule has 0 spiro atoms. The average Bonchev–Trinajstić information content (AvgIpc) is 2.41. The standard InChI is InChI=1S/C11H8N2O/c1-4-5-6-7-8-13-11(14)9(2)10(3)12-13/h1,12H,2-3H3. The van der Waals surface area contributed by atoms with Crippen LogP contribution in [-0.2, 0) is 0 Å². The van der Waals surface area contributed by atoms with Crippen molar-refractivity contribution in [3.8, 4) is 36.1 Å². The number of terminal acetylenes is 1. The Morgan fingerprint density at radius 3 is 2.50 bits per heavy atom. The summed E-state index contributed by atoms with van der Waals surface area (Å²) >= 11 is 0. The molecule has 1 aromatic heterocycles. The molecule has 0 bridgehead atoms.